The van der Waals surface area contributed by atoms with Crippen LogP contribution in [0.15, 0.2) is 12.1 Å². The number of hydrogen-bond donors (Lipinski definition) is 1. The second-order valence-corrected chi connectivity index (χ2v) is 5.55. The highest BCUT2D eigenvalue weighted by atomic mass is 32.1. The Kier molecular flexibility index (Phi) is 5.85. The predicted molar refractivity (Wildman–Crippen MR) is 71.6 cm³/mol. The van der Waals surface area contributed by atoms with Crippen LogP contribution in [0.3, 0.4) is 0 Å². The van der Waals surface area contributed by atoms with Crippen LogP contribution in [0.4, 0.5) is 0 Å². The molecule has 5 heteroatoms. The lowest BCUT2D eigenvalue weighted by molar-refractivity contribution is -0.144. The molecule has 1 rings (SSSR count). The average molecular weight is 269 g/mol. The van der Waals surface area contributed by atoms with E-state index >= 15 is 0 Å². The topological polar surface area (TPSA) is 55.4 Å². The van der Waals surface area contributed by atoms with Gasteiger partial charge in [0.1, 0.15) is 6.04 Å². The van der Waals surface area contributed by atoms with Crippen molar-refractivity contribution in [2.45, 2.75) is 39.2 Å². The molecule has 4 nitrogen and oxygen atoms in total. The quantitative estimate of drug-likeness (QED) is 0.804. The number of hydrogen-bond acceptors (Lipinski definition) is 4. The molecule has 0 unspecified atom stereocenters. The maximum atomic E-state index is 11.6. The minimum absolute atomic E-state index is 0.110. The van der Waals surface area contributed by atoms with Gasteiger partial charge in [0, 0.05) is 16.2 Å². The van der Waals surface area contributed by atoms with E-state index in [0.29, 0.717) is 6.42 Å². The van der Waals surface area contributed by atoms with Gasteiger partial charge in [0.2, 0.25) is 5.91 Å². The van der Waals surface area contributed by atoms with Crippen molar-refractivity contribution in [1.29, 1.82) is 0 Å². The number of rotatable bonds is 6. The summed E-state index contributed by atoms with van der Waals surface area (Å²) in [7, 11) is 1.31. The van der Waals surface area contributed by atoms with E-state index < -0.39 is 12.0 Å². The Morgan fingerprint density at radius 2 is 2.17 bits per heavy atom. The number of aryl methyl sites for hydroxylation is 2. The number of ether oxygens (including phenoxy) is 1. The van der Waals surface area contributed by atoms with Crippen molar-refractivity contribution in [3.63, 3.8) is 0 Å². The smallest absolute Gasteiger partial charge is 0.328 e. The minimum Gasteiger partial charge on any atom is -0.467 e. The van der Waals surface area contributed by atoms with Gasteiger partial charge in [-0.15, -0.1) is 11.3 Å². The lowest BCUT2D eigenvalue weighted by atomic mass is 10.2. The van der Waals surface area contributed by atoms with Crippen molar-refractivity contribution < 1.29 is 14.3 Å². The van der Waals surface area contributed by atoms with Crippen molar-refractivity contribution in [2.24, 2.45) is 0 Å². The lowest BCUT2D eigenvalue weighted by Crippen LogP contribution is -2.39. The molecule has 18 heavy (non-hydrogen) atoms. The molecule has 1 N–H and O–H groups in total. The first-order chi connectivity index (χ1) is 8.52. The normalized spacial score (nSPS) is 11.9. The van der Waals surface area contributed by atoms with Crippen molar-refractivity contribution in [3.05, 3.63) is 21.9 Å². The van der Waals surface area contributed by atoms with E-state index in [0.717, 1.165) is 12.8 Å². The van der Waals surface area contributed by atoms with Crippen LogP contribution >= 0.6 is 11.3 Å². The fourth-order valence-corrected chi connectivity index (χ4v) is 2.52. The summed E-state index contributed by atoms with van der Waals surface area (Å²) in [5.41, 5.74) is 0. The fourth-order valence-electron chi connectivity index (χ4n) is 1.59. The van der Waals surface area contributed by atoms with Crippen LogP contribution in [0.25, 0.3) is 0 Å². The van der Waals surface area contributed by atoms with Crippen LogP contribution in [-0.4, -0.2) is 25.0 Å². The van der Waals surface area contributed by atoms with Crippen LogP contribution in [-0.2, 0) is 20.7 Å². The van der Waals surface area contributed by atoms with Crippen LogP contribution in [0.5, 0.6) is 0 Å². The predicted octanol–water partition coefficient (Wildman–Crippen LogP) is 2.06. The third kappa shape index (κ3) is 4.87. The Morgan fingerprint density at radius 1 is 1.44 bits per heavy atom. The largest absolute Gasteiger partial charge is 0.467 e. The van der Waals surface area contributed by atoms with Crippen LogP contribution < -0.4 is 5.32 Å². The summed E-state index contributed by atoms with van der Waals surface area (Å²) in [5, 5.41) is 2.61. The summed E-state index contributed by atoms with van der Waals surface area (Å²) >= 11 is 1.76. The molecular formula is C13H19NO3S. The molecule has 0 radical (unpaired) electrons. The average Bonchev–Trinajstić information content (AvgIpc) is 2.73. The van der Waals surface area contributed by atoms with Crippen LogP contribution in [0.1, 0.15) is 29.5 Å². The maximum absolute atomic E-state index is 11.6. The summed E-state index contributed by atoms with van der Waals surface area (Å²) in [5.74, 6) is -0.529. The molecule has 0 aliphatic rings. The molecule has 0 aliphatic carbocycles. The molecule has 1 aromatic heterocycles. The number of nitrogens with one attached hydrogen (secondary N) is 1. The van der Waals surface area contributed by atoms with E-state index in [1.165, 1.54) is 16.9 Å². The summed E-state index contributed by atoms with van der Waals surface area (Å²) in [6.07, 6.45) is 2.12. The van der Waals surface area contributed by atoms with Gasteiger partial charge >= 0.3 is 5.97 Å². The van der Waals surface area contributed by atoms with E-state index in [9.17, 15) is 9.59 Å². The number of carbonyl (C=O) groups is 2. The first-order valence-electron chi connectivity index (χ1n) is 5.95. The summed E-state index contributed by atoms with van der Waals surface area (Å²) in [6.45, 7) is 3.69. The number of carbonyl (C=O) groups excluding carboxylic acids is 2. The molecule has 1 aromatic rings. The highest BCUT2D eigenvalue weighted by molar-refractivity contribution is 7.11. The summed E-state index contributed by atoms with van der Waals surface area (Å²) in [6, 6.07) is 3.60. The van der Waals surface area contributed by atoms with Crippen molar-refractivity contribution in [1.82, 2.24) is 5.32 Å². The molecule has 0 aliphatic heterocycles. The zero-order valence-corrected chi connectivity index (χ0v) is 11.8. The Labute approximate surface area is 111 Å². The van der Waals surface area contributed by atoms with Crippen molar-refractivity contribution >= 4 is 23.2 Å². The number of thiophene rings is 1. The van der Waals surface area contributed by atoms with Gasteiger partial charge in [-0.1, -0.05) is 0 Å². The molecule has 100 valence electrons. The van der Waals surface area contributed by atoms with Crippen LogP contribution in [0.2, 0.25) is 0 Å². The Morgan fingerprint density at radius 3 is 2.72 bits per heavy atom. The van der Waals surface area contributed by atoms with Gasteiger partial charge in [-0.2, -0.15) is 0 Å². The zero-order valence-electron chi connectivity index (χ0n) is 11.0. The molecule has 0 aromatic carbocycles. The SMILES string of the molecule is COC(=O)[C@@H](C)NC(=O)CCCc1ccc(C)s1. The van der Waals surface area contributed by atoms with E-state index in [1.807, 2.05) is 0 Å². The van der Waals surface area contributed by atoms with Gasteiger partial charge in [0.05, 0.1) is 7.11 Å². The van der Waals surface area contributed by atoms with Gasteiger partial charge in [-0.3, -0.25) is 4.79 Å². The fraction of sp³-hybridized carbons (Fsp3) is 0.538. The molecule has 0 fully saturated rings. The van der Waals surface area contributed by atoms with Crippen LogP contribution in [0, 0.1) is 6.92 Å². The molecule has 1 heterocycles. The first kappa shape index (κ1) is 14.7. The van der Waals surface area contributed by atoms with Gasteiger partial charge in [-0.05, 0) is 38.8 Å². The van der Waals surface area contributed by atoms with Gasteiger partial charge in [0.25, 0.3) is 0 Å². The molecule has 1 atom stereocenters. The molecule has 1 amide bonds. The van der Waals surface area contributed by atoms with Gasteiger partial charge in [-0.25, -0.2) is 4.79 Å². The molecule has 0 spiro atoms. The van der Waals surface area contributed by atoms with Crippen molar-refractivity contribution in [2.75, 3.05) is 7.11 Å². The minimum atomic E-state index is -0.577. The highest BCUT2D eigenvalue weighted by Crippen LogP contribution is 2.17. The maximum Gasteiger partial charge on any atom is 0.328 e. The van der Waals surface area contributed by atoms with Crippen molar-refractivity contribution in [3.8, 4) is 0 Å². The first-order valence-corrected chi connectivity index (χ1v) is 6.77. The third-order valence-electron chi connectivity index (χ3n) is 2.56. The van der Waals surface area contributed by atoms with Gasteiger partial charge < -0.3 is 10.1 Å². The highest BCUT2D eigenvalue weighted by Gasteiger charge is 2.15. The molecule has 0 saturated heterocycles. The van der Waals surface area contributed by atoms with E-state index in [1.54, 1.807) is 18.3 Å². The number of esters is 1. The lowest BCUT2D eigenvalue weighted by Gasteiger charge is -2.11. The molecular weight excluding hydrogens is 250 g/mol. The second kappa shape index (κ2) is 7.16. The molecule has 0 saturated carbocycles. The Bertz CT molecular complexity index is 414. The zero-order chi connectivity index (χ0) is 13.5. The summed E-state index contributed by atoms with van der Waals surface area (Å²) < 4.78 is 4.54. The molecule has 0 bridgehead atoms. The van der Waals surface area contributed by atoms with E-state index in [-0.39, 0.29) is 5.91 Å². The summed E-state index contributed by atoms with van der Waals surface area (Å²) in [4.78, 5) is 25.2. The van der Waals surface area contributed by atoms with E-state index in [2.05, 4.69) is 29.1 Å². The van der Waals surface area contributed by atoms with E-state index in [4.69, 9.17) is 0 Å². The number of methoxy groups -OCH3 is 1. The monoisotopic (exact) mass is 269 g/mol. The standard InChI is InChI=1S/C13H19NO3S/c1-9-7-8-11(18-9)5-4-6-12(15)14-10(2)13(16)17-3/h7-8,10H,4-6H2,1-3H3,(H,14,15)/t10-/m1/s1. The third-order valence-corrected chi connectivity index (χ3v) is 3.62. The van der Waals surface area contributed by atoms with Gasteiger partial charge in [0.15, 0.2) is 0 Å². The number of amides is 1. The second-order valence-electron chi connectivity index (χ2n) is 4.18. The Balaban J connectivity index is 2.23. The Hall–Kier alpha value is -1.36.